The van der Waals surface area contributed by atoms with Crippen molar-refractivity contribution in [1.29, 1.82) is 0 Å². The first kappa shape index (κ1) is 13.5. The number of nitrogens with zero attached hydrogens (tertiary/aromatic N) is 1. The molecule has 2 atom stereocenters. The van der Waals surface area contributed by atoms with E-state index in [2.05, 4.69) is 29.2 Å². The van der Waals surface area contributed by atoms with Crippen LogP contribution in [-0.4, -0.2) is 36.2 Å². The Morgan fingerprint density at radius 2 is 1.78 bits per heavy atom. The average molecular weight is 248 g/mol. The molecule has 3 N–H and O–H groups in total. The minimum atomic E-state index is 0.130. The number of rotatable bonds is 5. The van der Waals surface area contributed by atoms with Crippen molar-refractivity contribution in [3.05, 3.63) is 35.9 Å². The molecule has 3 heteroatoms. The lowest BCUT2D eigenvalue weighted by Gasteiger charge is -2.38. The standard InChI is InChI=1S/C15H24N2O/c16-11-14(12-18)15(13-7-3-1-4-8-13)17-9-5-2-6-10-17/h1,3-4,7-8,14-15,18H,2,5-6,9-12,16H2/t14-,15+/m0/s1. The van der Waals surface area contributed by atoms with Crippen LogP contribution < -0.4 is 5.73 Å². The maximum absolute atomic E-state index is 9.58. The molecule has 0 amide bonds. The first-order chi connectivity index (χ1) is 8.86. The molecule has 1 heterocycles. The van der Waals surface area contributed by atoms with Gasteiger partial charge in [-0.25, -0.2) is 0 Å². The van der Waals surface area contributed by atoms with Gasteiger partial charge in [0.25, 0.3) is 0 Å². The van der Waals surface area contributed by atoms with Crippen molar-refractivity contribution in [3.8, 4) is 0 Å². The van der Waals surface area contributed by atoms with E-state index in [1.807, 2.05) is 6.07 Å². The van der Waals surface area contributed by atoms with Gasteiger partial charge in [0.2, 0.25) is 0 Å². The summed E-state index contributed by atoms with van der Waals surface area (Å²) >= 11 is 0. The Balaban J connectivity index is 2.21. The van der Waals surface area contributed by atoms with Gasteiger partial charge >= 0.3 is 0 Å². The topological polar surface area (TPSA) is 49.5 Å². The van der Waals surface area contributed by atoms with Crippen LogP contribution in [0.4, 0.5) is 0 Å². The molecule has 1 saturated heterocycles. The predicted octanol–water partition coefficient (Wildman–Crippen LogP) is 1.78. The van der Waals surface area contributed by atoms with Crippen LogP contribution in [-0.2, 0) is 0 Å². The monoisotopic (exact) mass is 248 g/mol. The molecule has 2 rings (SSSR count). The molecular formula is C15H24N2O. The SMILES string of the molecule is NC[C@@H](CO)[C@@H](c1ccccc1)N1CCCCC1. The predicted molar refractivity (Wildman–Crippen MR) is 74.2 cm³/mol. The Labute approximate surface area is 110 Å². The first-order valence-electron chi connectivity index (χ1n) is 6.96. The number of benzene rings is 1. The summed E-state index contributed by atoms with van der Waals surface area (Å²) in [5.74, 6) is 0.130. The quantitative estimate of drug-likeness (QED) is 0.835. The highest BCUT2D eigenvalue weighted by Gasteiger charge is 2.28. The van der Waals surface area contributed by atoms with Gasteiger partial charge < -0.3 is 10.8 Å². The van der Waals surface area contributed by atoms with E-state index in [9.17, 15) is 5.11 Å². The summed E-state index contributed by atoms with van der Waals surface area (Å²) in [5.41, 5.74) is 7.12. The highest BCUT2D eigenvalue weighted by Crippen LogP contribution is 2.30. The maximum Gasteiger partial charge on any atom is 0.0489 e. The van der Waals surface area contributed by atoms with E-state index in [1.54, 1.807) is 0 Å². The van der Waals surface area contributed by atoms with E-state index >= 15 is 0 Å². The lowest BCUT2D eigenvalue weighted by Crippen LogP contribution is -2.41. The number of nitrogens with two attached hydrogens (primary N) is 1. The van der Waals surface area contributed by atoms with E-state index < -0.39 is 0 Å². The second-order valence-electron chi connectivity index (χ2n) is 5.13. The number of hydrogen-bond donors (Lipinski definition) is 2. The zero-order chi connectivity index (χ0) is 12.8. The van der Waals surface area contributed by atoms with Crippen LogP contribution in [0.3, 0.4) is 0 Å². The summed E-state index contributed by atoms with van der Waals surface area (Å²) in [6.07, 6.45) is 3.84. The lowest BCUT2D eigenvalue weighted by molar-refractivity contribution is 0.0841. The smallest absolute Gasteiger partial charge is 0.0489 e. The molecule has 3 nitrogen and oxygen atoms in total. The molecule has 0 aliphatic carbocycles. The Morgan fingerprint density at radius 3 is 2.33 bits per heavy atom. The van der Waals surface area contributed by atoms with Crippen molar-refractivity contribution in [2.75, 3.05) is 26.2 Å². The molecule has 18 heavy (non-hydrogen) atoms. The molecule has 0 saturated carbocycles. The normalized spacial score (nSPS) is 20.6. The van der Waals surface area contributed by atoms with Gasteiger partial charge in [-0.05, 0) is 38.0 Å². The third-order valence-electron chi connectivity index (χ3n) is 3.91. The Kier molecular flexibility index (Phi) is 5.17. The third-order valence-corrected chi connectivity index (χ3v) is 3.91. The summed E-state index contributed by atoms with van der Waals surface area (Å²) in [7, 11) is 0. The minimum Gasteiger partial charge on any atom is -0.396 e. The van der Waals surface area contributed by atoms with Gasteiger partial charge in [0.15, 0.2) is 0 Å². The van der Waals surface area contributed by atoms with Gasteiger partial charge in [0, 0.05) is 18.6 Å². The Morgan fingerprint density at radius 1 is 1.11 bits per heavy atom. The third kappa shape index (κ3) is 3.10. The van der Waals surface area contributed by atoms with Crippen LogP contribution in [0.1, 0.15) is 30.9 Å². The molecule has 1 aliphatic rings. The molecule has 1 aliphatic heterocycles. The largest absolute Gasteiger partial charge is 0.396 e. The number of aliphatic hydroxyl groups is 1. The minimum absolute atomic E-state index is 0.130. The number of hydrogen-bond acceptors (Lipinski definition) is 3. The highest BCUT2D eigenvalue weighted by molar-refractivity contribution is 5.20. The molecule has 0 radical (unpaired) electrons. The maximum atomic E-state index is 9.58. The van der Waals surface area contributed by atoms with E-state index in [-0.39, 0.29) is 18.6 Å². The van der Waals surface area contributed by atoms with Crippen molar-refractivity contribution in [1.82, 2.24) is 4.90 Å². The lowest BCUT2D eigenvalue weighted by atomic mass is 9.90. The molecule has 0 bridgehead atoms. The van der Waals surface area contributed by atoms with Gasteiger partial charge in [-0.15, -0.1) is 0 Å². The van der Waals surface area contributed by atoms with Crippen molar-refractivity contribution in [2.24, 2.45) is 11.7 Å². The van der Waals surface area contributed by atoms with Crippen LogP contribution in [0.5, 0.6) is 0 Å². The van der Waals surface area contributed by atoms with E-state index in [0.29, 0.717) is 6.54 Å². The summed E-state index contributed by atoms with van der Waals surface area (Å²) in [6.45, 7) is 2.94. The first-order valence-corrected chi connectivity index (χ1v) is 6.96. The van der Waals surface area contributed by atoms with Crippen molar-refractivity contribution in [3.63, 3.8) is 0 Å². The molecule has 1 fully saturated rings. The van der Waals surface area contributed by atoms with E-state index in [4.69, 9.17) is 5.73 Å². The molecule has 0 aromatic heterocycles. The Hall–Kier alpha value is -0.900. The van der Waals surface area contributed by atoms with Crippen LogP contribution in [0.25, 0.3) is 0 Å². The van der Waals surface area contributed by atoms with Crippen LogP contribution in [0, 0.1) is 5.92 Å². The molecule has 1 aromatic carbocycles. The molecule has 0 unspecified atom stereocenters. The van der Waals surface area contributed by atoms with Gasteiger partial charge in [-0.3, -0.25) is 4.90 Å². The van der Waals surface area contributed by atoms with Gasteiger partial charge in [0.05, 0.1) is 0 Å². The highest BCUT2D eigenvalue weighted by atomic mass is 16.3. The number of likely N-dealkylation sites (tertiary alicyclic amines) is 1. The zero-order valence-corrected chi connectivity index (χ0v) is 11.0. The average Bonchev–Trinajstić information content (AvgIpc) is 2.46. The molecule has 1 aromatic rings. The van der Waals surface area contributed by atoms with Gasteiger partial charge in [-0.1, -0.05) is 36.8 Å². The van der Waals surface area contributed by atoms with Crippen molar-refractivity contribution < 1.29 is 5.11 Å². The van der Waals surface area contributed by atoms with E-state index in [0.717, 1.165) is 13.1 Å². The Bertz CT molecular complexity index is 332. The van der Waals surface area contributed by atoms with Crippen molar-refractivity contribution in [2.45, 2.75) is 25.3 Å². The van der Waals surface area contributed by atoms with Crippen LogP contribution >= 0.6 is 0 Å². The number of piperidine rings is 1. The second kappa shape index (κ2) is 6.88. The molecular weight excluding hydrogens is 224 g/mol. The zero-order valence-electron chi connectivity index (χ0n) is 11.0. The number of aliphatic hydroxyl groups excluding tert-OH is 1. The van der Waals surface area contributed by atoms with Gasteiger partial charge in [-0.2, -0.15) is 0 Å². The second-order valence-corrected chi connectivity index (χ2v) is 5.13. The molecule has 0 spiro atoms. The molecule has 100 valence electrons. The van der Waals surface area contributed by atoms with Crippen LogP contribution in [0.15, 0.2) is 30.3 Å². The summed E-state index contributed by atoms with van der Waals surface area (Å²) < 4.78 is 0. The summed E-state index contributed by atoms with van der Waals surface area (Å²) in [5, 5.41) is 9.58. The van der Waals surface area contributed by atoms with Gasteiger partial charge in [0.1, 0.15) is 0 Å². The van der Waals surface area contributed by atoms with E-state index in [1.165, 1.54) is 24.8 Å². The summed E-state index contributed by atoms with van der Waals surface area (Å²) in [6, 6.07) is 10.7. The van der Waals surface area contributed by atoms with Crippen LogP contribution in [0.2, 0.25) is 0 Å². The fraction of sp³-hybridized carbons (Fsp3) is 0.600. The summed E-state index contributed by atoms with van der Waals surface area (Å²) in [4.78, 5) is 2.49. The van der Waals surface area contributed by atoms with Crippen molar-refractivity contribution >= 4 is 0 Å². The fourth-order valence-electron chi connectivity index (χ4n) is 2.93. The fourth-order valence-corrected chi connectivity index (χ4v) is 2.93.